The van der Waals surface area contributed by atoms with Gasteiger partial charge in [-0.3, -0.25) is 11.3 Å². The van der Waals surface area contributed by atoms with Gasteiger partial charge < -0.3 is 4.57 Å². The third-order valence-corrected chi connectivity index (χ3v) is 3.88. The molecule has 2 rings (SSSR count). The van der Waals surface area contributed by atoms with E-state index in [1.165, 1.54) is 11.1 Å². The van der Waals surface area contributed by atoms with Crippen molar-refractivity contribution < 1.29 is 0 Å². The third-order valence-electron chi connectivity index (χ3n) is 3.39. The number of rotatable bonds is 5. The first kappa shape index (κ1) is 14.2. The maximum atomic E-state index is 5.70. The zero-order valence-electron chi connectivity index (χ0n) is 11.2. The van der Waals surface area contributed by atoms with Crippen LogP contribution in [0.15, 0.2) is 35.1 Å². The number of benzene rings is 1. The first-order valence-corrected chi connectivity index (χ1v) is 7.09. The van der Waals surface area contributed by atoms with Gasteiger partial charge in [-0.15, -0.1) is 0 Å². The average Bonchev–Trinajstić information content (AvgIpc) is 2.78. The van der Waals surface area contributed by atoms with Crippen molar-refractivity contribution in [3.8, 4) is 0 Å². The fourth-order valence-electron chi connectivity index (χ4n) is 2.27. The topological polar surface area (TPSA) is 55.9 Å². The van der Waals surface area contributed by atoms with E-state index in [0.29, 0.717) is 0 Å². The van der Waals surface area contributed by atoms with Gasteiger partial charge in [-0.1, -0.05) is 22.0 Å². The van der Waals surface area contributed by atoms with Gasteiger partial charge in [0.05, 0.1) is 0 Å². The number of halogens is 1. The van der Waals surface area contributed by atoms with Crippen LogP contribution in [0.4, 0.5) is 0 Å². The van der Waals surface area contributed by atoms with Crippen LogP contribution in [0.1, 0.15) is 29.4 Å². The number of aromatic nitrogens is 2. The SMILES string of the molecule is Cc1cc(Br)ccc1C(CCc1nccn1C)NN. The van der Waals surface area contributed by atoms with Gasteiger partial charge in [0, 0.05) is 36.4 Å². The standard InChI is InChI=1S/C14H19BrN4/c1-10-9-11(15)3-4-12(10)13(18-16)5-6-14-17-7-8-19(14)2/h3-4,7-9,13,18H,5-6,16H2,1-2H3. The molecule has 1 atom stereocenters. The largest absolute Gasteiger partial charge is 0.338 e. The van der Waals surface area contributed by atoms with Crippen molar-refractivity contribution in [2.24, 2.45) is 12.9 Å². The molecule has 1 aromatic heterocycles. The fraction of sp³-hybridized carbons (Fsp3) is 0.357. The van der Waals surface area contributed by atoms with Crippen LogP contribution >= 0.6 is 15.9 Å². The maximum Gasteiger partial charge on any atom is 0.108 e. The smallest absolute Gasteiger partial charge is 0.108 e. The maximum absolute atomic E-state index is 5.70. The van der Waals surface area contributed by atoms with Gasteiger partial charge in [0.1, 0.15) is 5.82 Å². The molecule has 0 spiro atoms. The van der Waals surface area contributed by atoms with E-state index in [2.05, 4.69) is 45.4 Å². The summed E-state index contributed by atoms with van der Waals surface area (Å²) >= 11 is 3.48. The molecule has 19 heavy (non-hydrogen) atoms. The van der Waals surface area contributed by atoms with Gasteiger partial charge in [0.15, 0.2) is 0 Å². The molecule has 0 aliphatic rings. The summed E-state index contributed by atoms with van der Waals surface area (Å²) in [4.78, 5) is 4.34. The van der Waals surface area contributed by atoms with E-state index in [1.807, 2.05) is 30.1 Å². The zero-order valence-corrected chi connectivity index (χ0v) is 12.8. The minimum absolute atomic E-state index is 0.143. The Balaban J connectivity index is 2.10. The lowest BCUT2D eigenvalue weighted by Crippen LogP contribution is -2.29. The lowest BCUT2D eigenvalue weighted by molar-refractivity contribution is 0.504. The van der Waals surface area contributed by atoms with E-state index in [-0.39, 0.29) is 6.04 Å². The predicted molar refractivity (Wildman–Crippen MR) is 80.5 cm³/mol. The summed E-state index contributed by atoms with van der Waals surface area (Å²) in [6, 6.07) is 6.42. The van der Waals surface area contributed by atoms with Crippen LogP contribution in [0.2, 0.25) is 0 Å². The Kier molecular flexibility index (Phi) is 4.74. The number of hydrazine groups is 1. The molecule has 0 fully saturated rings. The third kappa shape index (κ3) is 3.43. The summed E-state index contributed by atoms with van der Waals surface area (Å²) in [6.07, 6.45) is 5.61. The summed E-state index contributed by atoms with van der Waals surface area (Å²) in [5.41, 5.74) is 5.38. The van der Waals surface area contributed by atoms with Crippen molar-refractivity contribution >= 4 is 15.9 Å². The summed E-state index contributed by atoms with van der Waals surface area (Å²) in [5, 5.41) is 0. The highest BCUT2D eigenvalue weighted by Crippen LogP contribution is 2.24. The van der Waals surface area contributed by atoms with Crippen LogP contribution in [0.3, 0.4) is 0 Å². The predicted octanol–water partition coefficient (Wildman–Crippen LogP) is 2.63. The minimum atomic E-state index is 0.143. The average molecular weight is 323 g/mol. The molecule has 0 aliphatic carbocycles. The Morgan fingerprint density at radius 3 is 2.84 bits per heavy atom. The molecule has 1 aromatic carbocycles. The van der Waals surface area contributed by atoms with Crippen LogP contribution < -0.4 is 11.3 Å². The quantitative estimate of drug-likeness (QED) is 0.657. The highest BCUT2D eigenvalue weighted by atomic mass is 79.9. The first-order valence-electron chi connectivity index (χ1n) is 6.30. The number of nitrogens with zero attached hydrogens (tertiary/aromatic N) is 2. The van der Waals surface area contributed by atoms with Gasteiger partial charge in [-0.2, -0.15) is 0 Å². The highest BCUT2D eigenvalue weighted by Gasteiger charge is 2.13. The molecule has 0 amide bonds. The van der Waals surface area contributed by atoms with Crippen LogP contribution in [0, 0.1) is 6.92 Å². The molecule has 2 aromatic rings. The lowest BCUT2D eigenvalue weighted by Gasteiger charge is -2.18. The van der Waals surface area contributed by atoms with Crippen LogP contribution in [-0.2, 0) is 13.5 Å². The highest BCUT2D eigenvalue weighted by molar-refractivity contribution is 9.10. The van der Waals surface area contributed by atoms with Crippen LogP contribution in [0.5, 0.6) is 0 Å². The number of aryl methyl sites for hydroxylation is 3. The van der Waals surface area contributed by atoms with Crippen molar-refractivity contribution in [1.29, 1.82) is 0 Å². The summed E-state index contributed by atoms with van der Waals surface area (Å²) < 4.78 is 3.13. The Hall–Kier alpha value is -1.17. The molecule has 0 bridgehead atoms. The van der Waals surface area contributed by atoms with Crippen molar-refractivity contribution in [2.75, 3.05) is 0 Å². The number of imidazole rings is 1. The van der Waals surface area contributed by atoms with E-state index in [4.69, 9.17) is 5.84 Å². The first-order chi connectivity index (χ1) is 9.11. The summed E-state index contributed by atoms with van der Waals surface area (Å²) in [6.45, 7) is 2.10. The van der Waals surface area contributed by atoms with Gasteiger partial charge in [-0.05, 0) is 36.6 Å². The van der Waals surface area contributed by atoms with Crippen LogP contribution in [-0.4, -0.2) is 9.55 Å². The zero-order chi connectivity index (χ0) is 13.8. The van der Waals surface area contributed by atoms with E-state index in [0.717, 1.165) is 23.1 Å². The molecular weight excluding hydrogens is 304 g/mol. The van der Waals surface area contributed by atoms with Gasteiger partial charge in [-0.25, -0.2) is 4.98 Å². The van der Waals surface area contributed by atoms with E-state index in [9.17, 15) is 0 Å². The number of nitrogens with two attached hydrogens (primary N) is 1. The Labute approximate surface area is 122 Å². The Morgan fingerprint density at radius 2 is 2.26 bits per heavy atom. The number of hydrogen-bond donors (Lipinski definition) is 2. The Bertz CT molecular complexity index is 550. The monoisotopic (exact) mass is 322 g/mol. The Morgan fingerprint density at radius 1 is 1.47 bits per heavy atom. The van der Waals surface area contributed by atoms with Crippen molar-refractivity contribution in [2.45, 2.75) is 25.8 Å². The van der Waals surface area contributed by atoms with E-state index < -0.39 is 0 Å². The van der Waals surface area contributed by atoms with E-state index in [1.54, 1.807) is 0 Å². The van der Waals surface area contributed by atoms with Crippen molar-refractivity contribution in [3.63, 3.8) is 0 Å². The van der Waals surface area contributed by atoms with Gasteiger partial charge in [0.2, 0.25) is 0 Å². The fourth-order valence-corrected chi connectivity index (χ4v) is 2.75. The molecule has 0 aliphatic heterocycles. The second kappa shape index (κ2) is 6.32. The lowest BCUT2D eigenvalue weighted by atomic mass is 9.98. The summed E-state index contributed by atoms with van der Waals surface area (Å²) in [5.74, 6) is 6.78. The van der Waals surface area contributed by atoms with Crippen molar-refractivity contribution in [1.82, 2.24) is 15.0 Å². The van der Waals surface area contributed by atoms with E-state index >= 15 is 0 Å². The normalized spacial score (nSPS) is 12.6. The minimum Gasteiger partial charge on any atom is -0.338 e. The molecule has 0 radical (unpaired) electrons. The molecule has 0 saturated carbocycles. The second-order valence-corrected chi connectivity index (χ2v) is 5.63. The molecule has 0 saturated heterocycles. The number of hydrogen-bond acceptors (Lipinski definition) is 3. The van der Waals surface area contributed by atoms with Crippen LogP contribution in [0.25, 0.3) is 0 Å². The molecule has 1 unspecified atom stereocenters. The second-order valence-electron chi connectivity index (χ2n) is 4.71. The molecule has 5 heteroatoms. The van der Waals surface area contributed by atoms with Gasteiger partial charge >= 0.3 is 0 Å². The summed E-state index contributed by atoms with van der Waals surface area (Å²) in [7, 11) is 2.01. The van der Waals surface area contributed by atoms with Crippen molar-refractivity contribution in [3.05, 3.63) is 52.0 Å². The van der Waals surface area contributed by atoms with Gasteiger partial charge in [0.25, 0.3) is 0 Å². The molecule has 3 N–H and O–H groups in total. The molecular formula is C14H19BrN4. The molecule has 1 heterocycles. The molecule has 4 nitrogen and oxygen atoms in total. The molecule has 102 valence electrons. The number of nitrogens with one attached hydrogen (secondary N) is 1.